The molecule has 0 unspecified atom stereocenters. The van der Waals surface area contributed by atoms with Crippen molar-refractivity contribution in [3.8, 4) is 5.75 Å². The van der Waals surface area contributed by atoms with Crippen LogP contribution < -0.4 is 5.73 Å². The first kappa shape index (κ1) is 7.57. The summed E-state index contributed by atoms with van der Waals surface area (Å²) in [7, 11) is 0. The van der Waals surface area contributed by atoms with Gasteiger partial charge in [0.1, 0.15) is 5.75 Å². The second-order valence-electron chi connectivity index (χ2n) is 1.95. The highest BCUT2D eigenvalue weighted by atomic mass is 79.9. The van der Waals surface area contributed by atoms with Crippen LogP contribution in [-0.4, -0.2) is 5.11 Å². The molecule has 1 aromatic carbocycles. The van der Waals surface area contributed by atoms with E-state index >= 15 is 0 Å². The lowest BCUT2D eigenvalue weighted by molar-refractivity contribution is 0.465. The predicted octanol–water partition coefficient (Wildman–Crippen LogP) is 1.61. The molecule has 3 heteroatoms. The molecular weight excluding hydrogens is 194 g/mol. The van der Waals surface area contributed by atoms with Crippen molar-refractivity contribution in [1.82, 2.24) is 0 Å². The van der Waals surface area contributed by atoms with Crippen LogP contribution in [0.4, 0.5) is 0 Å². The third-order valence-corrected chi connectivity index (χ3v) is 1.93. The van der Waals surface area contributed by atoms with Crippen molar-refractivity contribution in [2.45, 2.75) is 6.54 Å². The molecule has 0 saturated heterocycles. The van der Waals surface area contributed by atoms with Gasteiger partial charge in [-0.1, -0.05) is 12.1 Å². The molecule has 0 aromatic heterocycles. The Kier molecular flexibility index (Phi) is 2.29. The SMILES string of the molecule is NCc1cccc(Br)c1O. The van der Waals surface area contributed by atoms with E-state index in [0.717, 1.165) is 5.56 Å². The van der Waals surface area contributed by atoms with Crippen LogP contribution in [0.2, 0.25) is 0 Å². The summed E-state index contributed by atoms with van der Waals surface area (Å²) in [4.78, 5) is 0. The van der Waals surface area contributed by atoms with Gasteiger partial charge in [0.05, 0.1) is 4.47 Å². The summed E-state index contributed by atoms with van der Waals surface area (Å²) in [6.45, 7) is 0.366. The minimum absolute atomic E-state index is 0.241. The minimum atomic E-state index is 0.241. The Morgan fingerprint density at radius 1 is 1.50 bits per heavy atom. The topological polar surface area (TPSA) is 46.2 Å². The Hall–Kier alpha value is -0.540. The number of hydrogen-bond acceptors (Lipinski definition) is 2. The average Bonchev–Trinajstić information content (AvgIpc) is 1.95. The summed E-state index contributed by atoms with van der Waals surface area (Å²) in [6.07, 6.45) is 0. The number of phenolic OH excluding ortho intramolecular Hbond substituents is 1. The first-order valence-electron chi connectivity index (χ1n) is 2.92. The number of halogens is 1. The van der Waals surface area contributed by atoms with Crippen LogP contribution in [0.3, 0.4) is 0 Å². The van der Waals surface area contributed by atoms with E-state index in [9.17, 15) is 5.11 Å². The number of aromatic hydroxyl groups is 1. The zero-order valence-electron chi connectivity index (χ0n) is 5.34. The standard InChI is InChI=1S/C7H8BrNO/c8-6-3-1-2-5(4-9)7(6)10/h1-3,10H,4,9H2. The molecule has 0 spiro atoms. The molecule has 0 amide bonds. The Morgan fingerprint density at radius 3 is 2.70 bits per heavy atom. The van der Waals surface area contributed by atoms with E-state index in [0.29, 0.717) is 11.0 Å². The maximum atomic E-state index is 9.27. The van der Waals surface area contributed by atoms with E-state index in [1.54, 1.807) is 12.1 Å². The molecule has 1 aromatic rings. The fourth-order valence-corrected chi connectivity index (χ4v) is 1.13. The number of phenols is 1. The van der Waals surface area contributed by atoms with E-state index in [1.807, 2.05) is 6.07 Å². The quantitative estimate of drug-likeness (QED) is 0.726. The number of hydrogen-bond donors (Lipinski definition) is 2. The maximum absolute atomic E-state index is 9.27. The third-order valence-electron chi connectivity index (χ3n) is 1.29. The first-order valence-corrected chi connectivity index (χ1v) is 3.71. The van der Waals surface area contributed by atoms with Crippen molar-refractivity contribution < 1.29 is 5.11 Å². The maximum Gasteiger partial charge on any atom is 0.134 e. The molecule has 3 N–H and O–H groups in total. The van der Waals surface area contributed by atoms with Crippen molar-refractivity contribution in [2.24, 2.45) is 5.73 Å². The van der Waals surface area contributed by atoms with Crippen LogP contribution in [0.15, 0.2) is 22.7 Å². The van der Waals surface area contributed by atoms with Crippen LogP contribution in [0.5, 0.6) is 5.75 Å². The Bertz CT molecular complexity index is 237. The lowest BCUT2D eigenvalue weighted by Gasteiger charge is -2.01. The molecule has 0 aliphatic heterocycles. The van der Waals surface area contributed by atoms with E-state index in [-0.39, 0.29) is 5.75 Å². The molecular formula is C7H8BrNO. The summed E-state index contributed by atoms with van der Waals surface area (Å²) in [5.41, 5.74) is 6.10. The number of rotatable bonds is 1. The first-order chi connectivity index (χ1) is 4.75. The van der Waals surface area contributed by atoms with Crippen molar-refractivity contribution in [2.75, 3.05) is 0 Å². The van der Waals surface area contributed by atoms with Gasteiger partial charge in [-0.3, -0.25) is 0 Å². The molecule has 0 bridgehead atoms. The van der Waals surface area contributed by atoms with Crippen molar-refractivity contribution in [3.05, 3.63) is 28.2 Å². The number of para-hydroxylation sites is 1. The zero-order valence-corrected chi connectivity index (χ0v) is 6.93. The summed E-state index contributed by atoms with van der Waals surface area (Å²) in [5, 5.41) is 9.27. The van der Waals surface area contributed by atoms with Crippen LogP contribution in [0.1, 0.15) is 5.56 Å². The molecule has 0 radical (unpaired) electrons. The van der Waals surface area contributed by atoms with Gasteiger partial charge >= 0.3 is 0 Å². The molecule has 0 heterocycles. The molecule has 1 rings (SSSR count). The van der Waals surface area contributed by atoms with Gasteiger partial charge in [-0.15, -0.1) is 0 Å². The van der Waals surface area contributed by atoms with Gasteiger partial charge in [-0.25, -0.2) is 0 Å². The molecule has 0 atom stereocenters. The van der Waals surface area contributed by atoms with E-state index in [4.69, 9.17) is 5.73 Å². The van der Waals surface area contributed by atoms with Crippen LogP contribution >= 0.6 is 15.9 Å². The summed E-state index contributed by atoms with van der Waals surface area (Å²) >= 11 is 3.18. The van der Waals surface area contributed by atoms with E-state index in [1.165, 1.54) is 0 Å². The summed E-state index contributed by atoms with van der Waals surface area (Å²) in [6, 6.07) is 5.40. The molecule has 0 aliphatic carbocycles. The fraction of sp³-hybridized carbons (Fsp3) is 0.143. The Morgan fingerprint density at radius 2 is 2.20 bits per heavy atom. The normalized spacial score (nSPS) is 9.80. The van der Waals surface area contributed by atoms with Gasteiger partial charge in [-0.2, -0.15) is 0 Å². The van der Waals surface area contributed by atoms with Gasteiger partial charge in [0, 0.05) is 12.1 Å². The Balaban J connectivity index is 3.14. The average molecular weight is 202 g/mol. The van der Waals surface area contributed by atoms with E-state index in [2.05, 4.69) is 15.9 Å². The number of benzene rings is 1. The highest BCUT2D eigenvalue weighted by Gasteiger charge is 2.00. The third kappa shape index (κ3) is 1.30. The van der Waals surface area contributed by atoms with E-state index < -0.39 is 0 Å². The highest BCUT2D eigenvalue weighted by molar-refractivity contribution is 9.10. The van der Waals surface area contributed by atoms with Crippen LogP contribution in [0, 0.1) is 0 Å². The largest absolute Gasteiger partial charge is 0.506 e. The van der Waals surface area contributed by atoms with Gasteiger partial charge in [0.25, 0.3) is 0 Å². The lowest BCUT2D eigenvalue weighted by Crippen LogP contribution is -1.96. The molecule has 54 valence electrons. The zero-order chi connectivity index (χ0) is 7.56. The molecule has 10 heavy (non-hydrogen) atoms. The minimum Gasteiger partial charge on any atom is -0.506 e. The second-order valence-corrected chi connectivity index (χ2v) is 2.81. The van der Waals surface area contributed by atoms with Gasteiger partial charge in [0.15, 0.2) is 0 Å². The Labute approximate surface area is 67.8 Å². The molecule has 0 aliphatic rings. The van der Waals surface area contributed by atoms with Gasteiger partial charge in [-0.05, 0) is 22.0 Å². The highest BCUT2D eigenvalue weighted by Crippen LogP contribution is 2.26. The van der Waals surface area contributed by atoms with Gasteiger partial charge in [0.2, 0.25) is 0 Å². The predicted molar refractivity (Wildman–Crippen MR) is 43.7 cm³/mol. The number of nitrogens with two attached hydrogens (primary N) is 1. The molecule has 0 saturated carbocycles. The molecule has 0 fully saturated rings. The van der Waals surface area contributed by atoms with Gasteiger partial charge < -0.3 is 10.8 Å². The smallest absolute Gasteiger partial charge is 0.134 e. The monoisotopic (exact) mass is 201 g/mol. The summed E-state index contributed by atoms with van der Waals surface area (Å²) < 4.78 is 0.690. The molecule has 2 nitrogen and oxygen atoms in total. The fourth-order valence-electron chi connectivity index (χ4n) is 0.725. The van der Waals surface area contributed by atoms with Crippen molar-refractivity contribution in [1.29, 1.82) is 0 Å². The van der Waals surface area contributed by atoms with Crippen LogP contribution in [-0.2, 0) is 6.54 Å². The lowest BCUT2D eigenvalue weighted by atomic mass is 10.2. The van der Waals surface area contributed by atoms with Crippen molar-refractivity contribution >= 4 is 15.9 Å². The van der Waals surface area contributed by atoms with Crippen molar-refractivity contribution in [3.63, 3.8) is 0 Å². The van der Waals surface area contributed by atoms with Crippen LogP contribution in [0.25, 0.3) is 0 Å². The second kappa shape index (κ2) is 3.03. The summed E-state index contributed by atoms with van der Waals surface area (Å²) in [5.74, 6) is 0.241.